The van der Waals surface area contributed by atoms with Gasteiger partial charge >= 0.3 is 5.97 Å². The summed E-state index contributed by atoms with van der Waals surface area (Å²) < 4.78 is 15.6. The van der Waals surface area contributed by atoms with E-state index in [-0.39, 0.29) is 5.97 Å². The average molecular weight is 531 g/mol. The molecule has 3 aliphatic rings. The molecule has 0 radical (unpaired) electrons. The second kappa shape index (κ2) is 26.1. The van der Waals surface area contributed by atoms with Crippen molar-refractivity contribution in [2.75, 3.05) is 27.4 Å². The summed E-state index contributed by atoms with van der Waals surface area (Å²) in [5.41, 5.74) is 0. The van der Waals surface area contributed by atoms with E-state index in [0.29, 0.717) is 13.2 Å². The molecule has 5 nitrogen and oxygen atoms in total. The molecule has 0 spiro atoms. The van der Waals surface area contributed by atoms with Gasteiger partial charge in [-0.3, -0.25) is 0 Å². The second-order valence-corrected chi connectivity index (χ2v) is 9.58. The van der Waals surface area contributed by atoms with Crippen molar-refractivity contribution < 1.29 is 24.1 Å². The van der Waals surface area contributed by atoms with Crippen molar-refractivity contribution in [2.45, 2.75) is 89.9 Å². The monoisotopic (exact) mass is 530 g/mol. The first-order valence-electron chi connectivity index (χ1n) is 14.4. The van der Waals surface area contributed by atoms with E-state index in [2.05, 4.69) is 31.9 Å². The minimum Gasteiger partial charge on any atom is -0.497 e. The largest absolute Gasteiger partial charge is 0.497 e. The highest BCUT2D eigenvalue weighted by molar-refractivity contribution is 5.81. The van der Waals surface area contributed by atoms with Crippen molar-refractivity contribution in [1.82, 2.24) is 0 Å². The molecule has 0 unspecified atom stereocenters. The first-order chi connectivity index (χ1) is 18.6. The molecular formula is C33H54O5. The molecule has 4 rings (SSSR count). The van der Waals surface area contributed by atoms with Crippen molar-refractivity contribution in [1.29, 1.82) is 0 Å². The van der Waals surface area contributed by atoms with Crippen LogP contribution >= 0.6 is 0 Å². The van der Waals surface area contributed by atoms with Gasteiger partial charge in [0.2, 0.25) is 0 Å². The number of hydrogen-bond acceptors (Lipinski definition) is 5. The van der Waals surface area contributed by atoms with Crippen LogP contribution in [-0.2, 0) is 9.53 Å². The summed E-state index contributed by atoms with van der Waals surface area (Å²) in [5, 5.41) is 7.00. The van der Waals surface area contributed by atoms with E-state index in [9.17, 15) is 4.79 Å². The molecule has 3 saturated carbocycles. The lowest BCUT2D eigenvalue weighted by Gasteiger charge is -2.23. The third-order valence-corrected chi connectivity index (χ3v) is 5.97. The molecule has 38 heavy (non-hydrogen) atoms. The maximum absolute atomic E-state index is 10.8. The fraction of sp³-hybridized carbons (Fsp3) is 0.606. The molecule has 1 N–H and O–H groups in total. The number of methoxy groups -OCH3 is 1. The van der Waals surface area contributed by atoms with Crippen molar-refractivity contribution in [3.63, 3.8) is 0 Å². The van der Waals surface area contributed by atoms with Crippen LogP contribution in [0.1, 0.15) is 89.9 Å². The Morgan fingerprint density at radius 2 is 1.18 bits per heavy atom. The van der Waals surface area contributed by atoms with Gasteiger partial charge in [-0.15, -0.1) is 13.2 Å². The van der Waals surface area contributed by atoms with Gasteiger partial charge in [-0.1, -0.05) is 57.3 Å². The molecular weight excluding hydrogens is 476 g/mol. The van der Waals surface area contributed by atoms with Crippen LogP contribution in [0.4, 0.5) is 0 Å². The van der Waals surface area contributed by atoms with Gasteiger partial charge in [0.1, 0.15) is 11.5 Å². The molecule has 1 aromatic rings. The highest BCUT2D eigenvalue weighted by Crippen LogP contribution is 2.29. The van der Waals surface area contributed by atoms with E-state index in [1.165, 1.54) is 70.3 Å². The minimum absolute atomic E-state index is 0.354. The molecule has 5 heteroatoms. The van der Waals surface area contributed by atoms with E-state index >= 15 is 0 Å². The molecule has 0 aromatic heterocycles. The molecule has 0 atom stereocenters. The number of allylic oxidation sites excluding steroid dienone is 2. The Labute approximate surface area is 233 Å². The SMILES string of the molecule is C1CC1.C1CC1.C=CC(=O)OCCCCCCOc1ccc(OC)cc1.C=CC1CCC(C=C)CC1.CO. The first-order valence-corrected chi connectivity index (χ1v) is 14.4. The fourth-order valence-corrected chi connectivity index (χ4v) is 3.27. The number of aliphatic hydroxyl groups is 1. The minimum atomic E-state index is -0.354. The van der Waals surface area contributed by atoms with Crippen LogP contribution in [0.2, 0.25) is 0 Å². The number of benzene rings is 1. The molecule has 3 fully saturated rings. The Balaban J connectivity index is 0.000000617. The lowest BCUT2D eigenvalue weighted by atomic mass is 9.82. The van der Waals surface area contributed by atoms with Gasteiger partial charge < -0.3 is 19.3 Å². The van der Waals surface area contributed by atoms with Gasteiger partial charge in [0.15, 0.2) is 0 Å². The first kappa shape index (κ1) is 35.5. The normalized spacial score (nSPS) is 17.9. The van der Waals surface area contributed by atoms with Crippen molar-refractivity contribution in [3.8, 4) is 11.5 Å². The molecule has 1 aromatic carbocycles. The molecule has 3 aliphatic carbocycles. The summed E-state index contributed by atoms with van der Waals surface area (Å²) in [7, 11) is 2.64. The van der Waals surface area contributed by atoms with E-state index in [0.717, 1.165) is 56.1 Å². The zero-order chi connectivity index (χ0) is 28.3. The second-order valence-electron chi connectivity index (χ2n) is 9.58. The zero-order valence-corrected chi connectivity index (χ0v) is 24.2. The van der Waals surface area contributed by atoms with Crippen LogP contribution < -0.4 is 9.47 Å². The summed E-state index contributed by atoms with van der Waals surface area (Å²) in [6, 6.07) is 7.55. The summed E-state index contributed by atoms with van der Waals surface area (Å²) in [4.78, 5) is 10.8. The van der Waals surface area contributed by atoms with Gasteiger partial charge in [0.05, 0.1) is 20.3 Å². The Hall–Kier alpha value is -2.53. The van der Waals surface area contributed by atoms with Crippen LogP contribution in [0.15, 0.2) is 62.2 Å². The average Bonchev–Trinajstić information content (AvgIpc) is 3.87. The lowest BCUT2D eigenvalue weighted by molar-refractivity contribution is -0.137. The maximum atomic E-state index is 10.8. The number of esters is 1. The number of carbonyl (C=O) groups is 1. The Morgan fingerprint density at radius 3 is 1.55 bits per heavy atom. The van der Waals surface area contributed by atoms with Gasteiger partial charge in [-0.05, 0) is 87.5 Å². The molecule has 0 bridgehead atoms. The summed E-state index contributed by atoms with van der Waals surface area (Å²) >= 11 is 0. The van der Waals surface area contributed by atoms with E-state index in [1.54, 1.807) is 7.11 Å². The number of ether oxygens (including phenoxy) is 3. The van der Waals surface area contributed by atoms with Crippen LogP contribution in [0.3, 0.4) is 0 Å². The smallest absolute Gasteiger partial charge is 0.330 e. The maximum Gasteiger partial charge on any atom is 0.330 e. The molecule has 0 aliphatic heterocycles. The summed E-state index contributed by atoms with van der Waals surface area (Å²) in [5.74, 6) is 2.90. The van der Waals surface area contributed by atoms with Crippen LogP contribution in [0.5, 0.6) is 11.5 Å². The molecule has 0 amide bonds. The van der Waals surface area contributed by atoms with E-state index in [1.807, 2.05) is 24.3 Å². The Kier molecular flexibility index (Phi) is 24.4. The van der Waals surface area contributed by atoms with E-state index in [4.69, 9.17) is 19.3 Å². The van der Waals surface area contributed by atoms with Crippen molar-refractivity contribution >= 4 is 5.97 Å². The summed E-state index contributed by atoms with van der Waals surface area (Å²) in [6.45, 7) is 12.1. The van der Waals surface area contributed by atoms with Gasteiger partial charge in [0.25, 0.3) is 0 Å². The number of aliphatic hydroxyl groups excluding tert-OH is 1. The summed E-state index contributed by atoms with van der Waals surface area (Å²) in [6.07, 6.45) is 23.6. The Morgan fingerprint density at radius 1 is 0.763 bits per heavy atom. The molecule has 216 valence electrons. The van der Waals surface area contributed by atoms with Gasteiger partial charge in [-0.25, -0.2) is 4.79 Å². The predicted molar refractivity (Wildman–Crippen MR) is 160 cm³/mol. The topological polar surface area (TPSA) is 65.0 Å². The third-order valence-electron chi connectivity index (χ3n) is 5.97. The van der Waals surface area contributed by atoms with Gasteiger partial charge in [0, 0.05) is 13.2 Å². The number of carbonyl (C=O) groups excluding carboxylic acids is 1. The Bertz CT molecular complexity index is 673. The number of hydrogen-bond donors (Lipinski definition) is 1. The van der Waals surface area contributed by atoms with Crippen molar-refractivity contribution in [3.05, 3.63) is 62.2 Å². The predicted octanol–water partition coefficient (Wildman–Crippen LogP) is 8.48. The van der Waals surface area contributed by atoms with Crippen LogP contribution in [0.25, 0.3) is 0 Å². The highest BCUT2D eigenvalue weighted by atomic mass is 16.5. The standard InChI is InChI=1S/C16H22O4.C10H16.2C3H6.CH4O/c1-3-16(17)20-13-7-5-4-6-12-19-15-10-8-14(18-2)9-11-15;1-3-9-5-7-10(4-2)8-6-9;2*1-2-3-1;1-2/h3,8-11H,1,4-7,12-13H2,2H3;3-4,9-10H,1-2,5-8H2;2*1-3H2;2H,1H3. The lowest BCUT2D eigenvalue weighted by Crippen LogP contribution is -2.10. The van der Waals surface area contributed by atoms with Gasteiger partial charge in [-0.2, -0.15) is 0 Å². The number of rotatable bonds is 12. The quantitative estimate of drug-likeness (QED) is 0.127. The van der Waals surface area contributed by atoms with Crippen molar-refractivity contribution in [2.24, 2.45) is 11.8 Å². The molecule has 0 saturated heterocycles. The highest BCUT2D eigenvalue weighted by Gasteiger charge is 2.15. The molecule has 0 heterocycles. The van der Waals surface area contributed by atoms with Crippen LogP contribution in [-0.4, -0.2) is 38.5 Å². The fourth-order valence-electron chi connectivity index (χ4n) is 3.27. The van der Waals surface area contributed by atoms with Crippen LogP contribution in [0, 0.1) is 11.8 Å². The third kappa shape index (κ3) is 23.8. The number of unbranched alkanes of at least 4 members (excludes halogenated alkanes) is 3. The zero-order valence-electron chi connectivity index (χ0n) is 24.2. The van der Waals surface area contributed by atoms with E-state index < -0.39 is 0 Å².